The summed E-state index contributed by atoms with van der Waals surface area (Å²) in [7, 11) is 0. The molecule has 4 nitrogen and oxygen atoms in total. The van der Waals surface area contributed by atoms with Crippen molar-refractivity contribution in [2.45, 2.75) is 19.8 Å². The van der Waals surface area contributed by atoms with Gasteiger partial charge in [-0.3, -0.25) is 0 Å². The summed E-state index contributed by atoms with van der Waals surface area (Å²) >= 11 is 3.42. The predicted octanol–water partition coefficient (Wildman–Crippen LogP) is 3.85. The van der Waals surface area contributed by atoms with E-state index in [1.807, 2.05) is 24.4 Å². The van der Waals surface area contributed by atoms with Gasteiger partial charge in [-0.1, -0.05) is 6.07 Å². The number of unbranched alkanes of at least 4 members (excludes halogenated alkanes) is 1. The van der Waals surface area contributed by atoms with Crippen LogP contribution in [0.1, 0.15) is 18.4 Å². The molecular formula is C15H19BrN4. The Hall–Kier alpha value is -1.62. The largest absolute Gasteiger partial charge is 0.370 e. The molecule has 0 bridgehead atoms. The molecule has 0 unspecified atom stereocenters. The molecule has 0 saturated heterocycles. The van der Waals surface area contributed by atoms with Gasteiger partial charge in [-0.05, 0) is 59.5 Å². The molecule has 0 radical (unpaired) electrons. The van der Waals surface area contributed by atoms with Crippen LogP contribution in [-0.4, -0.2) is 23.1 Å². The number of halogens is 1. The zero-order valence-electron chi connectivity index (χ0n) is 11.6. The zero-order chi connectivity index (χ0) is 14.2. The van der Waals surface area contributed by atoms with Crippen LogP contribution in [0.2, 0.25) is 0 Å². The van der Waals surface area contributed by atoms with Crippen molar-refractivity contribution < 1.29 is 0 Å². The summed E-state index contributed by atoms with van der Waals surface area (Å²) < 4.78 is 1.01. The van der Waals surface area contributed by atoms with Gasteiger partial charge in [0.25, 0.3) is 0 Å². The van der Waals surface area contributed by atoms with Gasteiger partial charge in [0, 0.05) is 30.0 Å². The van der Waals surface area contributed by atoms with Crippen LogP contribution in [0.25, 0.3) is 0 Å². The van der Waals surface area contributed by atoms with Crippen LogP contribution in [0.15, 0.2) is 41.1 Å². The van der Waals surface area contributed by atoms with Gasteiger partial charge in [-0.25, -0.2) is 9.97 Å². The van der Waals surface area contributed by atoms with E-state index in [0.29, 0.717) is 0 Å². The topological polar surface area (TPSA) is 49.8 Å². The van der Waals surface area contributed by atoms with Crippen LogP contribution < -0.4 is 10.6 Å². The minimum Gasteiger partial charge on any atom is -0.370 e. The summed E-state index contributed by atoms with van der Waals surface area (Å²) in [4.78, 5) is 8.58. The van der Waals surface area contributed by atoms with Gasteiger partial charge in [-0.2, -0.15) is 0 Å². The van der Waals surface area contributed by atoms with E-state index in [4.69, 9.17) is 0 Å². The van der Waals surface area contributed by atoms with Gasteiger partial charge in [-0.15, -0.1) is 0 Å². The van der Waals surface area contributed by atoms with E-state index < -0.39 is 0 Å². The lowest BCUT2D eigenvalue weighted by Crippen LogP contribution is -2.08. The molecule has 2 rings (SSSR count). The molecule has 0 fully saturated rings. The van der Waals surface area contributed by atoms with E-state index in [9.17, 15) is 0 Å². The van der Waals surface area contributed by atoms with Crippen LogP contribution in [0.3, 0.4) is 0 Å². The first-order valence-corrected chi connectivity index (χ1v) is 7.56. The molecule has 0 amide bonds. The predicted molar refractivity (Wildman–Crippen MR) is 87.1 cm³/mol. The molecule has 0 saturated carbocycles. The number of anilines is 2. The average Bonchev–Trinajstić information content (AvgIpc) is 2.46. The summed E-state index contributed by atoms with van der Waals surface area (Å²) in [5.74, 6) is 1.90. The molecule has 2 heterocycles. The third-order valence-corrected chi connectivity index (χ3v) is 3.35. The first-order valence-electron chi connectivity index (χ1n) is 6.76. The van der Waals surface area contributed by atoms with Crippen molar-refractivity contribution in [3.63, 3.8) is 0 Å². The molecule has 0 atom stereocenters. The summed E-state index contributed by atoms with van der Waals surface area (Å²) in [5, 5.41) is 6.66. The molecule has 2 aromatic rings. The van der Waals surface area contributed by atoms with E-state index in [0.717, 1.165) is 47.6 Å². The van der Waals surface area contributed by atoms with E-state index in [1.54, 1.807) is 6.20 Å². The fraction of sp³-hybridized carbons (Fsp3) is 0.333. The number of nitrogens with one attached hydrogen (secondary N) is 2. The monoisotopic (exact) mass is 334 g/mol. The molecule has 0 aliphatic rings. The minimum absolute atomic E-state index is 0.930. The molecule has 20 heavy (non-hydrogen) atoms. The first-order chi connectivity index (χ1) is 9.75. The van der Waals surface area contributed by atoms with Crippen LogP contribution in [0.5, 0.6) is 0 Å². The number of aromatic nitrogens is 2. The van der Waals surface area contributed by atoms with Crippen LogP contribution in [0, 0.1) is 6.92 Å². The maximum absolute atomic E-state index is 4.36. The molecule has 2 aromatic heterocycles. The summed E-state index contributed by atoms with van der Waals surface area (Å²) in [5.41, 5.74) is 1.16. The molecule has 0 aliphatic carbocycles. The molecule has 2 N–H and O–H groups in total. The quantitative estimate of drug-likeness (QED) is 0.755. The molecule has 0 aromatic carbocycles. The Morgan fingerprint density at radius 1 is 1.10 bits per heavy atom. The van der Waals surface area contributed by atoms with Crippen molar-refractivity contribution in [3.8, 4) is 0 Å². The Morgan fingerprint density at radius 3 is 2.60 bits per heavy atom. The van der Waals surface area contributed by atoms with E-state index in [-0.39, 0.29) is 0 Å². The maximum atomic E-state index is 4.36. The van der Waals surface area contributed by atoms with Gasteiger partial charge >= 0.3 is 0 Å². The fourth-order valence-corrected chi connectivity index (χ4v) is 2.31. The number of nitrogens with zero attached hydrogens (tertiary/aromatic N) is 2. The first kappa shape index (κ1) is 14.8. The van der Waals surface area contributed by atoms with Crippen LogP contribution in [0.4, 0.5) is 11.6 Å². The normalized spacial score (nSPS) is 10.3. The lowest BCUT2D eigenvalue weighted by molar-refractivity contribution is 0.790. The fourth-order valence-electron chi connectivity index (χ4n) is 1.87. The van der Waals surface area contributed by atoms with Crippen molar-refractivity contribution in [3.05, 3.63) is 46.7 Å². The Morgan fingerprint density at radius 2 is 1.90 bits per heavy atom. The second-order valence-corrected chi connectivity index (χ2v) is 5.51. The highest BCUT2D eigenvalue weighted by Crippen LogP contribution is 2.16. The standard InChI is InChI=1S/C15H19BrN4/c1-12-10-13(16)11-20-15(12)19-9-5-4-8-18-14-6-2-3-7-17-14/h2-3,6-7,10-11H,4-5,8-9H2,1H3,(H,17,18)(H,19,20). The summed E-state index contributed by atoms with van der Waals surface area (Å²) in [6.45, 7) is 3.92. The van der Waals surface area contributed by atoms with Crippen molar-refractivity contribution in [2.24, 2.45) is 0 Å². The molecule has 0 aliphatic heterocycles. The maximum Gasteiger partial charge on any atom is 0.128 e. The van der Waals surface area contributed by atoms with Crippen LogP contribution >= 0.6 is 15.9 Å². The van der Waals surface area contributed by atoms with Crippen molar-refractivity contribution in [1.82, 2.24) is 9.97 Å². The second-order valence-electron chi connectivity index (χ2n) is 4.59. The highest BCUT2D eigenvalue weighted by atomic mass is 79.9. The number of pyridine rings is 2. The van der Waals surface area contributed by atoms with Crippen molar-refractivity contribution >= 4 is 27.6 Å². The highest BCUT2D eigenvalue weighted by Gasteiger charge is 1.99. The van der Waals surface area contributed by atoms with Crippen LogP contribution in [-0.2, 0) is 0 Å². The number of aryl methyl sites for hydroxylation is 1. The third-order valence-electron chi connectivity index (χ3n) is 2.91. The number of hydrogen-bond acceptors (Lipinski definition) is 4. The zero-order valence-corrected chi connectivity index (χ0v) is 13.2. The van der Waals surface area contributed by atoms with Gasteiger partial charge in [0.15, 0.2) is 0 Å². The van der Waals surface area contributed by atoms with Gasteiger partial charge in [0.05, 0.1) is 0 Å². The Bertz CT molecular complexity index is 531. The van der Waals surface area contributed by atoms with E-state index in [2.05, 4.69) is 49.5 Å². The van der Waals surface area contributed by atoms with Crippen molar-refractivity contribution in [1.29, 1.82) is 0 Å². The van der Waals surface area contributed by atoms with Gasteiger partial charge in [0.1, 0.15) is 11.6 Å². The summed E-state index contributed by atoms with van der Waals surface area (Å²) in [6, 6.07) is 7.95. The summed E-state index contributed by atoms with van der Waals surface area (Å²) in [6.07, 6.45) is 5.81. The van der Waals surface area contributed by atoms with Gasteiger partial charge < -0.3 is 10.6 Å². The highest BCUT2D eigenvalue weighted by molar-refractivity contribution is 9.10. The lowest BCUT2D eigenvalue weighted by Gasteiger charge is -2.09. The van der Waals surface area contributed by atoms with E-state index in [1.165, 1.54) is 0 Å². The Labute approximate surface area is 128 Å². The average molecular weight is 335 g/mol. The Balaban J connectivity index is 1.62. The molecular weight excluding hydrogens is 316 g/mol. The number of hydrogen-bond donors (Lipinski definition) is 2. The third kappa shape index (κ3) is 4.81. The molecule has 106 valence electrons. The van der Waals surface area contributed by atoms with E-state index >= 15 is 0 Å². The molecule has 0 spiro atoms. The minimum atomic E-state index is 0.930. The van der Waals surface area contributed by atoms with Crippen molar-refractivity contribution in [2.75, 3.05) is 23.7 Å². The second kappa shape index (κ2) is 7.85. The smallest absolute Gasteiger partial charge is 0.128 e. The molecule has 5 heteroatoms. The lowest BCUT2D eigenvalue weighted by atomic mass is 10.2. The number of rotatable bonds is 7. The van der Waals surface area contributed by atoms with Gasteiger partial charge in [0.2, 0.25) is 0 Å². The Kier molecular flexibility index (Phi) is 5.80. The SMILES string of the molecule is Cc1cc(Br)cnc1NCCCCNc1ccccn1.